The highest BCUT2D eigenvalue weighted by atomic mass is 15.2. The van der Waals surface area contributed by atoms with Gasteiger partial charge in [0.15, 0.2) is 0 Å². The average molecular weight is 274 g/mol. The molecule has 0 amide bonds. The molecule has 0 aliphatic carbocycles. The molecule has 1 aliphatic rings. The SMILES string of the molecule is CC(C)CNCC(C(C)C)N1CCCc2ccccc21. The summed E-state index contributed by atoms with van der Waals surface area (Å²) < 4.78 is 0. The number of hydrogen-bond acceptors (Lipinski definition) is 2. The molecule has 2 heteroatoms. The summed E-state index contributed by atoms with van der Waals surface area (Å²) in [5.74, 6) is 1.39. The first-order chi connectivity index (χ1) is 9.59. The molecule has 0 spiro atoms. The minimum absolute atomic E-state index is 0.593. The first-order valence-corrected chi connectivity index (χ1v) is 8.15. The first-order valence-electron chi connectivity index (χ1n) is 8.15. The number of benzene rings is 1. The van der Waals surface area contributed by atoms with Crippen molar-refractivity contribution in [2.75, 3.05) is 24.5 Å². The van der Waals surface area contributed by atoms with Crippen LogP contribution in [0.3, 0.4) is 0 Å². The van der Waals surface area contributed by atoms with Crippen molar-refractivity contribution in [2.24, 2.45) is 11.8 Å². The van der Waals surface area contributed by atoms with Crippen molar-refractivity contribution in [3.8, 4) is 0 Å². The van der Waals surface area contributed by atoms with Gasteiger partial charge in [0.1, 0.15) is 0 Å². The number of nitrogens with one attached hydrogen (secondary N) is 1. The molecule has 1 heterocycles. The van der Waals surface area contributed by atoms with E-state index in [1.165, 1.54) is 30.6 Å². The van der Waals surface area contributed by atoms with Crippen LogP contribution in [0, 0.1) is 11.8 Å². The molecule has 0 saturated carbocycles. The van der Waals surface area contributed by atoms with Gasteiger partial charge in [0, 0.05) is 24.8 Å². The third kappa shape index (κ3) is 3.76. The Hall–Kier alpha value is -1.02. The summed E-state index contributed by atoms with van der Waals surface area (Å²) in [6.45, 7) is 12.6. The van der Waals surface area contributed by atoms with E-state index in [1.54, 1.807) is 0 Å². The van der Waals surface area contributed by atoms with Crippen molar-refractivity contribution < 1.29 is 0 Å². The van der Waals surface area contributed by atoms with Crippen LogP contribution < -0.4 is 10.2 Å². The largest absolute Gasteiger partial charge is 0.367 e. The van der Waals surface area contributed by atoms with E-state index in [0.29, 0.717) is 12.0 Å². The average Bonchev–Trinajstić information content (AvgIpc) is 2.42. The van der Waals surface area contributed by atoms with E-state index >= 15 is 0 Å². The van der Waals surface area contributed by atoms with Crippen LogP contribution >= 0.6 is 0 Å². The molecule has 0 saturated heterocycles. The molecule has 2 rings (SSSR count). The molecule has 1 aromatic rings. The number of anilines is 1. The quantitative estimate of drug-likeness (QED) is 0.850. The Balaban J connectivity index is 2.10. The fraction of sp³-hybridized carbons (Fsp3) is 0.667. The third-order valence-electron chi connectivity index (χ3n) is 4.22. The fourth-order valence-electron chi connectivity index (χ4n) is 3.13. The number of hydrogen-bond donors (Lipinski definition) is 1. The first kappa shape index (κ1) is 15.4. The minimum atomic E-state index is 0.593. The lowest BCUT2D eigenvalue weighted by Crippen LogP contribution is -2.48. The highest BCUT2D eigenvalue weighted by Gasteiger charge is 2.25. The molecule has 2 nitrogen and oxygen atoms in total. The lowest BCUT2D eigenvalue weighted by molar-refractivity contribution is 0.406. The van der Waals surface area contributed by atoms with Crippen LogP contribution in [0.1, 0.15) is 39.7 Å². The molecule has 0 radical (unpaired) electrons. The van der Waals surface area contributed by atoms with Crippen LogP contribution in [-0.4, -0.2) is 25.7 Å². The zero-order valence-corrected chi connectivity index (χ0v) is 13.5. The molecule has 1 aliphatic heterocycles. The van der Waals surface area contributed by atoms with Gasteiger partial charge in [0.25, 0.3) is 0 Å². The van der Waals surface area contributed by atoms with Crippen LogP contribution in [0.15, 0.2) is 24.3 Å². The Morgan fingerprint density at radius 2 is 1.85 bits per heavy atom. The molecule has 0 fully saturated rings. The van der Waals surface area contributed by atoms with Gasteiger partial charge in [0.05, 0.1) is 0 Å². The zero-order chi connectivity index (χ0) is 14.5. The number of rotatable bonds is 6. The maximum Gasteiger partial charge on any atom is 0.0437 e. The van der Waals surface area contributed by atoms with Gasteiger partial charge in [-0.25, -0.2) is 0 Å². The minimum Gasteiger partial charge on any atom is -0.367 e. The van der Waals surface area contributed by atoms with Crippen molar-refractivity contribution in [1.82, 2.24) is 5.32 Å². The summed E-state index contributed by atoms with van der Waals surface area (Å²) in [4.78, 5) is 2.64. The molecule has 112 valence electrons. The summed E-state index contributed by atoms with van der Waals surface area (Å²) >= 11 is 0. The smallest absolute Gasteiger partial charge is 0.0437 e. The second-order valence-electron chi connectivity index (χ2n) is 6.79. The lowest BCUT2D eigenvalue weighted by atomic mass is 9.95. The van der Waals surface area contributed by atoms with Gasteiger partial charge in [0.2, 0.25) is 0 Å². The van der Waals surface area contributed by atoms with Crippen LogP contribution in [0.4, 0.5) is 5.69 Å². The highest BCUT2D eigenvalue weighted by Crippen LogP contribution is 2.30. The second kappa shape index (κ2) is 7.12. The molecule has 0 aromatic heterocycles. The van der Waals surface area contributed by atoms with E-state index in [2.05, 4.69) is 62.2 Å². The molecule has 1 atom stereocenters. The third-order valence-corrected chi connectivity index (χ3v) is 4.22. The summed E-state index contributed by atoms with van der Waals surface area (Å²) in [5.41, 5.74) is 2.98. The van der Waals surface area contributed by atoms with Gasteiger partial charge in [-0.2, -0.15) is 0 Å². The van der Waals surface area contributed by atoms with Gasteiger partial charge in [-0.1, -0.05) is 45.9 Å². The predicted octanol–water partition coefficient (Wildman–Crippen LogP) is 3.71. The summed E-state index contributed by atoms with van der Waals surface area (Å²) in [6, 6.07) is 9.53. The molecular weight excluding hydrogens is 244 g/mol. The standard InChI is InChI=1S/C18H30N2/c1-14(2)12-19-13-18(15(3)4)20-11-7-9-16-8-5-6-10-17(16)20/h5-6,8,10,14-15,18-19H,7,9,11-13H2,1-4H3. The second-order valence-corrected chi connectivity index (χ2v) is 6.79. The van der Waals surface area contributed by atoms with Crippen LogP contribution in [0.5, 0.6) is 0 Å². The van der Waals surface area contributed by atoms with Gasteiger partial charge in [-0.05, 0) is 42.9 Å². The predicted molar refractivity (Wildman–Crippen MR) is 88.4 cm³/mol. The van der Waals surface area contributed by atoms with E-state index in [-0.39, 0.29) is 0 Å². The zero-order valence-electron chi connectivity index (χ0n) is 13.5. The van der Waals surface area contributed by atoms with Crippen LogP contribution in [0.2, 0.25) is 0 Å². The Kier molecular flexibility index (Phi) is 5.47. The van der Waals surface area contributed by atoms with Gasteiger partial charge < -0.3 is 10.2 Å². The van der Waals surface area contributed by atoms with Crippen LogP contribution in [0.25, 0.3) is 0 Å². The van der Waals surface area contributed by atoms with Crippen LogP contribution in [-0.2, 0) is 6.42 Å². The number of fused-ring (bicyclic) bond motifs is 1. The molecular formula is C18H30N2. The Morgan fingerprint density at radius 1 is 1.10 bits per heavy atom. The number of para-hydroxylation sites is 1. The topological polar surface area (TPSA) is 15.3 Å². The molecule has 1 aromatic carbocycles. The molecule has 20 heavy (non-hydrogen) atoms. The summed E-state index contributed by atoms with van der Waals surface area (Å²) in [6.07, 6.45) is 2.52. The monoisotopic (exact) mass is 274 g/mol. The van der Waals surface area contributed by atoms with E-state index < -0.39 is 0 Å². The summed E-state index contributed by atoms with van der Waals surface area (Å²) in [5, 5.41) is 3.65. The molecule has 1 unspecified atom stereocenters. The van der Waals surface area contributed by atoms with E-state index in [1.807, 2.05) is 0 Å². The molecule has 1 N–H and O–H groups in total. The van der Waals surface area contributed by atoms with Crippen molar-refractivity contribution >= 4 is 5.69 Å². The van der Waals surface area contributed by atoms with Gasteiger partial charge in [-0.15, -0.1) is 0 Å². The van der Waals surface area contributed by atoms with Gasteiger partial charge >= 0.3 is 0 Å². The van der Waals surface area contributed by atoms with Crippen molar-refractivity contribution in [2.45, 2.75) is 46.6 Å². The number of nitrogens with zero attached hydrogens (tertiary/aromatic N) is 1. The fourth-order valence-corrected chi connectivity index (χ4v) is 3.13. The number of aryl methyl sites for hydroxylation is 1. The summed E-state index contributed by atoms with van der Waals surface area (Å²) in [7, 11) is 0. The van der Waals surface area contributed by atoms with Crippen molar-refractivity contribution in [1.29, 1.82) is 0 Å². The molecule has 0 bridgehead atoms. The van der Waals surface area contributed by atoms with Crippen molar-refractivity contribution in [3.05, 3.63) is 29.8 Å². The van der Waals surface area contributed by atoms with E-state index in [4.69, 9.17) is 0 Å². The maximum absolute atomic E-state index is 3.65. The Morgan fingerprint density at radius 3 is 2.55 bits per heavy atom. The Labute approximate surface area is 124 Å². The van der Waals surface area contributed by atoms with Crippen molar-refractivity contribution in [3.63, 3.8) is 0 Å². The maximum atomic E-state index is 3.65. The Bertz CT molecular complexity index is 412. The van der Waals surface area contributed by atoms with Gasteiger partial charge in [-0.3, -0.25) is 0 Å². The van der Waals surface area contributed by atoms with E-state index in [0.717, 1.165) is 19.0 Å². The highest BCUT2D eigenvalue weighted by molar-refractivity contribution is 5.56. The lowest BCUT2D eigenvalue weighted by Gasteiger charge is -2.40. The normalized spacial score (nSPS) is 16.6. The van der Waals surface area contributed by atoms with E-state index in [9.17, 15) is 0 Å².